The molecule has 27 heavy (non-hydrogen) atoms. The Morgan fingerprint density at radius 1 is 1.30 bits per heavy atom. The molecule has 0 spiro atoms. The van der Waals surface area contributed by atoms with E-state index in [-0.39, 0.29) is 24.1 Å². The van der Waals surface area contributed by atoms with E-state index in [0.29, 0.717) is 16.6 Å². The average molecular weight is 361 g/mol. The van der Waals surface area contributed by atoms with E-state index in [0.717, 1.165) is 28.6 Å². The Kier molecular flexibility index (Phi) is 5.26. The molecule has 0 saturated carbocycles. The number of hydrogen-bond acceptors (Lipinski definition) is 2. The molecular formula is C21H24BN3O2. The molecule has 0 bridgehead atoms. The molecule has 0 atom stereocenters. The number of fused-ring (bicyclic) bond motifs is 1. The normalized spacial score (nSPS) is 11.3. The van der Waals surface area contributed by atoms with Crippen molar-refractivity contribution in [2.45, 2.75) is 46.7 Å². The molecule has 1 amide bonds. The highest BCUT2D eigenvalue weighted by Crippen LogP contribution is 2.22. The van der Waals surface area contributed by atoms with E-state index in [2.05, 4.69) is 28.7 Å². The molecular weight excluding hydrogens is 337 g/mol. The van der Waals surface area contributed by atoms with Gasteiger partial charge in [-0.05, 0) is 51.0 Å². The van der Waals surface area contributed by atoms with Gasteiger partial charge in [0, 0.05) is 46.5 Å². The molecule has 0 aliphatic heterocycles. The molecule has 0 unspecified atom stereocenters. The Morgan fingerprint density at radius 3 is 2.67 bits per heavy atom. The van der Waals surface area contributed by atoms with Gasteiger partial charge in [0.15, 0.2) is 0 Å². The number of H-pyrrole nitrogens is 1. The molecule has 1 aromatic carbocycles. The van der Waals surface area contributed by atoms with Crippen LogP contribution in [0, 0.1) is 6.92 Å². The van der Waals surface area contributed by atoms with E-state index in [1.54, 1.807) is 6.07 Å². The molecule has 0 aliphatic rings. The van der Waals surface area contributed by atoms with Crippen molar-refractivity contribution in [1.29, 1.82) is 0 Å². The summed E-state index contributed by atoms with van der Waals surface area (Å²) in [6.07, 6.45) is 2.72. The number of amides is 1. The van der Waals surface area contributed by atoms with Crippen LogP contribution in [0.2, 0.25) is 0 Å². The van der Waals surface area contributed by atoms with Gasteiger partial charge in [-0.3, -0.25) is 9.59 Å². The van der Waals surface area contributed by atoms with Gasteiger partial charge in [0.2, 0.25) is 0 Å². The lowest BCUT2D eigenvalue weighted by atomic mass is 9.92. The summed E-state index contributed by atoms with van der Waals surface area (Å²) in [7, 11) is 6.03. The van der Waals surface area contributed by atoms with E-state index in [9.17, 15) is 9.59 Å². The largest absolute Gasteiger partial charge is 0.348 e. The number of aromatic amines is 1. The molecule has 6 heteroatoms. The highest BCUT2D eigenvalue weighted by molar-refractivity contribution is 6.34. The maximum absolute atomic E-state index is 12.8. The van der Waals surface area contributed by atoms with Crippen LogP contribution < -0.4 is 16.3 Å². The van der Waals surface area contributed by atoms with Crippen LogP contribution >= 0.6 is 0 Å². The zero-order valence-corrected chi connectivity index (χ0v) is 16.2. The smallest absolute Gasteiger partial charge is 0.253 e. The van der Waals surface area contributed by atoms with Gasteiger partial charge in [0.05, 0.1) is 0 Å². The maximum atomic E-state index is 12.8. The number of nitrogens with zero attached hydrogens (tertiary/aromatic N) is 1. The van der Waals surface area contributed by atoms with Crippen LogP contribution in [0.4, 0.5) is 0 Å². The fraction of sp³-hybridized carbons (Fsp3) is 0.333. The van der Waals surface area contributed by atoms with Gasteiger partial charge in [-0.1, -0.05) is 18.5 Å². The van der Waals surface area contributed by atoms with Crippen molar-refractivity contribution in [3.8, 4) is 0 Å². The zero-order valence-electron chi connectivity index (χ0n) is 16.2. The molecule has 3 rings (SSSR count). The third-order valence-electron chi connectivity index (χ3n) is 4.88. The average Bonchev–Trinajstić information content (AvgIpc) is 3.03. The second-order valence-corrected chi connectivity index (χ2v) is 7.14. The lowest BCUT2D eigenvalue weighted by Crippen LogP contribution is -2.28. The molecule has 0 aliphatic carbocycles. The number of benzene rings is 1. The van der Waals surface area contributed by atoms with E-state index in [4.69, 9.17) is 7.85 Å². The van der Waals surface area contributed by atoms with E-state index in [1.165, 1.54) is 0 Å². The van der Waals surface area contributed by atoms with Crippen LogP contribution in [0.25, 0.3) is 10.9 Å². The number of carbonyl (C=O) groups excluding carboxylic acids is 1. The minimum Gasteiger partial charge on any atom is -0.348 e. The molecule has 2 radical (unpaired) electrons. The predicted octanol–water partition coefficient (Wildman–Crippen LogP) is 2.51. The summed E-state index contributed by atoms with van der Waals surface area (Å²) >= 11 is 0. The fourth-order valence-electron chi connectivity index (χ4n) is 3.38. The van der Waals surface area contributed by atoms with Crippen LogP contribution in [0.15, 0.2) is 35.3 Å². The van der Waals surface area contributed by atoms with Gasteiger partial charge in [0.1, 0.15) is 7.85 Å². The first-order chi connectivity index (χ1) is 12.8. The van der Waals surface area contributed by atoms with Crippen molar-refractivity contribution in [2.75, 3.05) is 0 Å². The standard InChI is InChI=1S/C21H24BN3O2/c1-5-15-8-13(4)18(21(27)24-15)11-23-20(26)17-9-14(22)10-19-16(17)6-7-25(19)12(2)3/h6-10,12H,5,11H2,1-4H3,(H,23,26)(H,24,27). The summed E-state index contributed by atoms with van der Waals surface area (Å²) < 4.78 is 2.08. The number of pyridine rings is 1. The summed E-state index contributed by atoms with van der Waals surface area (Å²) in [5, 5.41) is 3.72. The summed E-state index contributed by atoms with van der Waals surface area (Å²) in [5.74, 6) is -0.243. The number of carbonyl (C=O) groups is 1. The molecule has 5 nitrogen and oxygen atoms in total. The van der Waals surface area contributed by atoms with Crippen LogP contribution in [-0.2, 0) is 13.0 Å². The van der Waals surface area contributed by atoms with Crippen molar-refractivity contribution in [3.63, 3.8) is 0 Å². The Hall–Kier alpha value is -2.76. The van der Waals surface area contributed by atoms with Crippen molar-refractivity contribution >= 4 is 30.1 Å². The predicted molar refractivity (Wildman–Crippen MR) is 110 cm³/mol. The van der Waals surface area contributed by atoms with Crippen molar-refractivity contribution in [3.05, 3.63) is 63.2 Å². The fourth-order valence-corrected chi connectivity index (χ4v) is 3.38. The molecule has 0 saturated heterocycles. The Balaban J connectivity index is 1.91. The van der Waals surface area contributed by atoms with E-state index >= 15 is 0 Å². The number of rotatable bonds is 5. The van der Waals surface area contributed by atoms with Crippen molar-refractivity contribution < 1.29 is 4.79 Å². The van der Waals surface area contributed by atoms with Gasteiger partial charge in [-0.25, -0.2) is 0 Å². The molecule has 0 fully saturated rings. The number of nitrogens with one attached hydrogen (secondary N) is 2. The molecule has 2 heterocycles. The first-order valence-electron chi connectivity index (χ1n) is 9.21. The molecule has 2 aromatic heterocycles. The highest BCUT2D eigenvalue weighted by atomic mass is 16.1. The van der Waals surface area contributed by atoms with Gasteiger partial charge in [-0.2, -0.15) is 0 Å². The summed E-state index contributed by atoms with van der Waals surface area (Å²) in [5.41, 5.74) is 4.16. The Bertz CT molecular complexity index is 1060. The van der Waals surface area contributed by atoms with Gasteiger partial charge < -0.3 is 14.9 Å². The third kappa shape index (κ3) is 3.70. The third-order valence-corrected chi connectivity index (χ3v) is 4.88. The van der Waals surface area contributed by atoms with Crippen LogP contribution in [0.3, 0.4) is 0 Å². The minimum atomic E-state index is -0.243. The first kappa shape index (κ1) is 19.0. The second-order valence-electron chi connectivity index (χ2n) is 7.14. The maximum Gasteiger partial charge on any atom is 0.253 e. The summed E-state index contributed by atoms with van der Waals surface area (Å²) in [6.45, 7) is 8.21. The number of aromatic nitrogens is 2. The number of hydrogen-bond donors (Lipinski definition) is 2. The van der Waals surface area contributed by atoms with Crippen LogP contribution in [0.5, 0.6) is 0 Å². The lowest BCUT2D eigenvalue weighted by Gasteiger charge is -2.13. The summed E-state index contributed by atoms with van der Waals surface area (Å²) in [4.78, 5) is 28.0. The van der Waals surface area contributed by atoms with E-state index < -0.39 is 0 Å². The molecule has 138 valence electrons. The van der Waals surface area contributed by atoms with Gasteiger partial charge in [0.25, 0.3) is 11.5 Å². The number of aryl methyl sites for hydroxylation is 2. The Morgan fingerprint density at radius 2 is 2.04 bits per heavy atom. The highest BCUT2D eigenvalue weighted by Gasteiger charge is 2.15. The molecule has 3 aromatic rings. The minimum absolute atomic E-state index is 0.157. The van der Waals surface area contributed by atoms with Crippen LogP contribution in [-0.4, -0.2) is 23.3 Å². The first-order valence-corrected chi connectivity index (χ1v) is 9.21. The van der Waals surface area contributed by atoms with Gasteiger partial charge in [-0.15, -0.1) is 0 Å². The van der Waals surface area contributed by atoms with E-state index in [1.807, 2.05) is 38.2 Å². The van der Waals surface area contributed by atoms with Gasteiger partial charge >= 0.3 is 0 Å². The van der Waals surface area contributed by atoms with Crippen molar-refractivity contribution in [2.24, 2.45) is 0 Å². The van der Waals surface area contributed by atoms with Crippen molar-refractivity contribution in [1.82, 2.24) is 14.9 Å². The zero-order chi connectivity index (χ0) is 19.7. The topological polar surface area (TPSA) is 66.9 Å². The summed E-state index contributed by atoms with van der Waals surface area (Å²) in [6, 6.07) is 7.70. The lowest BCUT2D eigenvalue weighted by molar-refractivity contribution is 0.0952. The molecule has 2 N–H and O–H groups in total. The quantitative estimate of drug-likeness (QED) is 0.686. The second kappa shape index (κ2) is 7.47. The van der Waals surface area contributed by atoms with Crippen LogP contribution in [0.1, 0.15) is 54.0 Å². The monoisotopic (exact) mass is 361 g/mol. The Labute approximate surface area is 160 Å². The SMILES string of the molecule is [B]c1cc(C(=O)NCc2c(C)cc(CC)[nH]c2=O)c2ccn(C(C)C)c2c1.